The normalized spacial score (nSPS) is 19.5. The van der Waals surface area contributed by atoms with Crippen LogP contribution in [0, 0.1) is 0 Å². The molecule has 6 nitrogen and oxygen atoms in total. The highest BCUT2D eigenvalue weighted by molar-refractivity contribution is 5.78. The Hall–Kier alpha value is -2.57. The molecule has 150 valence electrons. The van der Waals surface area contributed by atoms with Crippen LogP contribution in [0.2, 0.25) is 0 Å². The molecule has 1 fully saturated rings. The topological polar surface area (TPSA) is 51.2 Å². The van der Waals surface area contributed by atoms with E-state index in [2.05, 4.69) is 4.90 Å². The third-order valence-corrected chi connectivity index (χ3v) is 4.78. The number of hydrogen-bond acceptors (Lipinski definition) is 5. The molecule has 2 aromatic rings. The first-order valence-electron chi connectivity index (χ1n) is 9.46. The van der Waals surface area contributed by atoms with Crippen LogP contribution in [0.25, 0.3) is 0 Å². The summed E-state index contributed by atoms with van der Waals surface area (Å²) in [4.78, 5) is 17.0. The summed E-state index contributed by atoms with van der Waals surface area (Å²) in [5.74, 6) is 1.11. The second-order valence-corrected chi connectivity index (χ2v) is 7.05. The first kappa shape index (κ1) is 20.2. The van der Waals surface area contributed by atoms with Crippen molar-refractivity contribution in [2.75, 3.05) is 47.5 Å². The molecule has 1 aliphatic heterocycles. The number of likely N-dealkylation sites (N-methyl/N-ethyl adjacent to an activating group) is 1. The maximum atomic E-state index is 13.1. The van der Waals surface area contributed by atoms with E-state index in [1.807, 2.05) is 67.5 Å². The number of para-hydroxylation sites is 2. The number of rotatable bonds is 7. The first-order valence-corrected chi connectivity index (χ1v) is 9.46. The Morgan fingerprint density at radius 1 is 1.11 bits per heavy atom. The van der Waals surface area contributed by atoms with Crippen LogP contribution in [-0.2, 0) is 9.53 Å². The molecular formula is C22H28N2O4. The van der Waals surface area contributed by atoms with E-state index >= 15 is 0 Å². The van der Waals surface area contributed by atoms with Gasteiger partial charge in [-0.15, -0.1) is 0 Å². The number of morpholine rings is 1. The number of carbonyl (C=O) groups excluding carboxylic acids is 1. The molecule has 0 radical (unpaired) electrons. The number of ether oxygens (including phenoxy) is 3. The fourth-order valence-electron chi connectivity index (χ4n) is 3.53. The maximum absolute atomic E-state index is 13.1. The van der Waals surface area contributed by atoms with Gasteiger partial charge in [-0.1, -0.05) is 42.5 Å². The maximum Gasteiger partial charge on any atom is 0.261 e. The van der Waals surface area contributed by atoms with Crippen molar-refractivity contribution in [2.24, 2.45) is 0 Å². The minimum atomic E-state index is -0.147. The minimum absolute atomic E-state index is 0.0433. The third-order valence-electron chi connectivity index (χ3n) is 4.78. The van der Waals surface area contributed by atoms with E-state index in [-0.39, 0.29) is 24.7 Å². The zero-order valence-electron chi connectivity index (χ0n) is 16.7. The van der Waals surface area contributed by atoms with Gasteiger partial charge in [0.2, 0.25) is 0 Å². The molecule has 2 atom stereocenters. The lowest BCUT2D eigenvalue weighted by atomic mass is 9.97. The molecule has 1 amide bonds. The van der Waals surface area contributed by atoms with Gasteiger partial charge in [-0.2, -0.15) is 0 Å². The van der Waals surface area contributed by atoms with Crippen LogP contribution in [0.15, 0.2) is 54.6 Å². The monoisotopic (exact) mass is 384 g/mol. The SMILES string of the molecule is COc1ccccc1OCC(=O)N1CCO[C@@H](CN(C)C)[C@@H]1c1ccccc1. The Morgan fingerprint density at radius 2 is 1.79 bits per heavy atom. The second kappa shape index (κ2) is 9.57. The molecule has 1 heterocycles. The summed E-state index contributed by atoms with van der Waals surface area (Å²) in [6.45, 7) is 1.74. The number of nitrogens with zero attached hydrogens (tertiary/aromatic N) is 2. The highest BCUT2D eigenvalue weighted by Crippen LogP contribution is 2.31. The van der Waals surface area contributed by atoms with Crippen LogP contribution in [-0.4, -0.2) is 69.3 Å². The molecule has 0 bridgehead atoms. The minimum Gasteiger partial charge on any atom is -0.493 e. The van der Waals surface area contributed by atoms with Gasteiger partial charge in [0.1, 0.15) is 0 Å². The van der Waals surface area contributed by atoms with Crippen molar-refractivity contribution < 1.29 is 19.0 Å². The summed E-state index contributed by atoms with van der Waals surface area (Å²) >= 11 is 0. The van der Waals surface area contributed by atoms with Crippen LogP contribution in [0.4, 0.5) is 0 Å². The largest absolute Gasteiger partial charge is 0.493 e. The molecular weight excluding hydrogens is 356 g/mol. The van der Waals surface area contributed by atoms with Crippen LogP contribution < -0.4 is 9.47 Å². The van der Waals surface area contributed by atoms with Crippen molar-refractivity contribution in [3.63, 3.8) is 0 Å². The highest BCUT2D eigenvalue weighted by atomic mass is 16.5. The number of benzene rings is 2. The quantitative estimate of drug-likeness (QED) is 0.735. The van der Waals surface area contributed by atoms with Crippen molar-refractivity contribution >= 4 is 5.91 Å². The lowest BCUT2D eigenvalue weighted by Gasteiger charge is -2.42. The van der Waals surface area contributed by atoms with Gasteiger partial charge < -0.3 is 24.0 Å². The smallest absolute Gasteiger partial charge is 0.261 e. The van der Waals surface area contributed by atoms with Crippen LogP contribution >= 0.6 is 0 Å². The van der Waals surface area contributed by atoms with Crippen LogP contribution in [0.1, 0.15) is 11.6 Å². The van der Waals surface area contributed by atoms with Gasteiger partial charge >= 0.3 is 0 Å². The summed E-state index contributed by atoms with van der Waals surface area (Å²) in [5.41, 5.74) is 1.07. The molecule has 0 aliphatic carbocycles. The molecule has 1 aliphatic rings. The fraction of sp³-hybridized carbons (Fsp3) is 0.409. The Kier molecular flexibility index (Phi) is 6.90. The molecule has 1 saturated heterocycles. The standard InChI is InChI=1S/C22H28N2O4/c1-23(2)15-20-22(17-9-5-4-6-10-17)24(13-14-27-20)21(25)16-28-19-12-8-7-11-18(19)26-3/h4-12,20,22H,13-16H2,1-3H3/t20-,22-/m0/s1. The Labute approximate surface area is 166 Å². The average Bonchev–Trinajstić information content (AvgIpc) is 2.72. The number of carbonyl (C=O) groups is 1. The lowest BCUT2D eigenvalue weighted by molar-refractivity contribution is -0.150. The molecule has 0 saturated carbocycles. The zero-order chi connectivity index (χ0) is 19.9. The third kappa shape index (κ3) is 4.82. The Balaban J connectivity index is 1.78. The predicted molar refractivity (Wildman–Crippen MR) is 108 cm³/mol. The molecule has 3 rings (SSSR count). The van der Waals surface area contributed by atoms with Crippen molar-refractivity contribution in [3.05, 3.63) is 60.2 Å². The van der Waals surface area contributed by atoms with Gasteiger partial charge in [0, 0.05) is 13.1 Å². The van der Waals surface area contributed by atoms with E-state index < -0.39 is 0 Å². The van der Waals surface area contributed by atoms with Crippen molar-refractivity contribution in [2.45, 2.75) is 12.1 Å². The number of hydrogen-bond donors (Lipinski definition) is 0. The number of amides is 1. The van der Waals surface area contributed by atoms with Crippen molar-refractivity contribution in [3.8, 4) is 11.5 Å². The van der Waals surface area contributed by atoms with Crippen LogP contribution in [0.3, 0.4) is 0 Å². The van der Waals surface area contributed by atoms with Gasteiger partial charge in [-0.05, 0) is 31.8 Å². The molecule has 2 aromatic carbocycles. The van der Waals surface area contributed by atoms with E-state index in [0.29, 0.717) is 24.7 Å². The van der Waals surface area contributed by atoms with Crippen molar-refractivity contribution in [1.29, 1.82) is 0 Å². The van der Waals surface area contributed by atoms with Gasteiger partial charge in [0.25, 0.3) is 5.91 Å². The molecule has 0 N–H and O–H groups in total. The summed E-state index contributed by atoms with van der Waals surface area (Å²) < 4.78 is 17.1. The van der Waals surface area contributed by atoms with Gasteiger partial charge in [-0.25, -0.2) is 0 Å². The van der Waals surface area contributed by atoms with E-state index in [0.717, 1.165) is 12.1 Å². The molecule has 6 heteroatoms. The first-order chi connectivity index (χ1) is 13.6. The Bertz CT molecular complexity index is 766. The van der Waals surface area contributed by atoms with E-state index in [1.54, 1.807) is 13.2 Å². The highest BCUT2D eigenvalue weighted by Gasteiger charge is 2.36. The molecule has 0 unspecified atom stereocenters. The predicted octanol–water partition coefficient (Wildman–Crippen LogP) is 2.60. The number of methoxy groups -OCH3 is 1. The summed E-state index contributed by atoms with van der Waals surface area (Å²) in [6.07, 6.45) is -0.0960. The lowest BCUT2D eigenvalue weighted by Crippen LogP contribution is -2.52. The summed E-state index contributed by atoms with van der Waals surface area (Å²) in [7, 11) is 5.61. The zero-order valence-corrected chi connectivity index (χ0v) is 16.7. The summed E-state index contributed by atoms with van der Waals surface area (Å²) in [5, 5.41) is 0. The van der Waals surface area contributed by atoms with Crippen LogP contribution in [0.5, 0.6) is 11.5 Å². The molecule has 0 spiro atoms. The second-order valence-electron chi connectivity index (χ2n) is 7.05. The average molecular weight is 384 g/mol. The molecule has 28 heavy (non-hydrogen) atoms. The van der Waals surface area contributed by atoms with E-state index in [4.69, 9.17) is 14.2 Å². The van der Waals surface area contributed by atoms with E-state index in [9.17, 15) is 4.79 Å². The fourth-order valence-corrected chi connectivity index (χ4v) is 3.53. The summed E-state index contributed by atoms with van der Waals surface area (Å²) in [6, 6.07) is 17.2. The van der Waals surface area contributed by atoms with Gasteiger partial charge in [0.05, 0.1) is 25.9 Å². The van der Waals surface area contributed by atoms with Gasteiger partial charge in [0.15, 0.2) is 18.1 Å². The Morgan fingerprint density at radius 3 is 2.46 bits per heavy atom. The van der Waals surface area contributed by atoms with Crippen molar-refractivity contribution in [1.82, 2.24) is 9.80 Å². The van der Waals surface area contributed by atoms with Gasteiger partial charge in [-0.3, -0.25) is 4.79 Å². The molecule has 0 aromatic heterocycles. The van der Waals surface area contributed by atoms with E-state index in [1.165, 1.54) is 0 Å².